The Morgan fingerprint density at radius 3 is 2.56 bits per heavy atom. The fourth-order valence-corrected chi connectivity index (χ4v) is 4.08. The zero-order valence-electron chi connectivity index (χ0n) is 18.2. The second-order valence-corrected chi connectivity index (χ2v) is 8.80. The van der Waals surface area contributed by atoms with Gasteiger partial charge < -0.3 is 10.6 Å². The molecule has 0 aliphatic heterocycles. The SMILES string of the molecule is CCc1ccccc1NC(=O)NC(C(=O)Nc1nnc(-c2cccc(Cl)c2)s1)C(C)CC. The van der Waals surface area contributed by atoms with Gasteiger partial charge in [-0.05, 0) is 36.1 Å². The number of rotatable bonds is 8. The molecular weight excluding hydrogens is 446 g/mol. The largest absolute Gasteiger partial charge is 0.326 e. The Labute approximate surface area is 196 Å². The second-order valence-electron chi connectivity index (χ2n) is 7.38. The van der Waals surface area contributed by atoms with E-state index in [0.717, 1.165) is 23.2 Å². The molecule has 2 aromatic carbocycles. The van der Waals surface area contributed by atoms with Crippen molar-refractivity contribution in [1.82, 2.24) is 15.5 Å². The first-order valence-electron chi connectivity index (χ1n) is 10.5. The molecule has 0 fully saturated rings. The van der Waals surface area contributed by atoms with Crippen molar-refractivity contribution < 1.29 is 9.59 Å². The Kier molecular flexibility index (Phi) is 8.19. The van der Waals surface area contributed by atoms with E-state index in [-0.39, 0.29) is 11.8 Å². The molecule has 3 rings (SSSR count). The number of aromatic nitrogens is 2. The molecule has 2 unspecified atom stereocenters. The smallest absolute Gasteiger partial charge is 0.319 e. The summed E-state index contributed by atoms with van der Waals surface area (Å²) in [5.41, 5.74) is 2.57. The summed E-state index contributed by atoms with van der Waals surface area (Å²) in [6.07, 6.45) is 1.51. The summed E-state index contributed by atoms with van der Waals surface area (Å²) >= 11 is 7.29. The highest BCUT2D eigenvalue weighted by Gasteiger charge is 2.27. The van der Waals surface area contributed by atoms with Crippen molar-refractivity contribution >= 4 is 45.7 Å². The van der Waals surface area contributed by atoms with Gasteiger partial charge >= 0.3 is 6.03 Å². The molecule has 3 aromatic rings. The van der Waals surface area contributed by atoms with Gasteiger partial charge in [0, 0.05) is 16.3 Å². The average molecular weight is 472 g/mol. The maximum Gasteiger partial charge on any atom is 0.319 e. The summed E-state index contributed by atoms with van der Waals surface area (Å²) in [5, 5.41) is 18.2. The van der Waals surface area contributed by atoms with Crippen LogP contribution in [-0.4, -0.2) is 28.2 Å². The Morgan fingerprint density at radius 1 is 1.06 bits per heavy atom. The van der Waals surface area contributed by atoms with E-state index in [1.165, 1.54) is 11.3 Å². The summed E-state index contributed by atoms with van der Waals surface area (Å²) < 4.78 is 0. The highest BCUT2D eigenvalue weighted by atomic mass is 35.5. The summed E-state index contributed by atoms with van der Waals surface area (Å²) in [6.45, 7) is 5.91. The number of carbonyl (C=O) groups excluding carboxylic acids is 2. The highest BCUT2D eigenvalue weighted by Crippen LogP contribution is 2.28. The van der Waals surface area contributed by atoms with Crippen LogP contribution in [0.5, 0.6) is 0 Å². The summed E-state index contributed by atoms with van der Waals surface area (Å²) in [4.78, 5) is 25.6. The molecule has 0 spiro atoms. The lowest BCUT2D eigenvalue weighted by atomic mass is 9.98. The number of anilines is 2. The number of carbonyl (C=O) groups is 2. The minimum absolute atomic E-state index is 0.0810. The lowest BCUT2D eigenvalue weighted by Crippen LogP contribution is -2.49. The maximum absolute atomic E-state index is 13.0. The zero-order valence-corrected chi connectivity index (χ0v) is 19.8. The Hall–Kier alpha value is -2.97. The monoisotopic (exact) mass is 471 g/mol. The van der Waals surface area contributed by atoms with Crippen LogP contribution >= 0.6 is 22.9 Å². The molecule has 0 aliphatic rings. The average Bonchev–Trinajstić information content (AvgIpc) is 3.25. The number of benzene rings is 2. The van der Waals surface area contributed by atoms with Crippen molar-refractivity contribution in [2.45, 2.75) is 39.7 Å². The molecule has 1 heterocycles. The van der Waals surface area contributed by atoms with Crippen molar-refractivity contribution in [2.75, 3.05) is 10.6 Å². The van der Waals surface area contributed by atoms with Gasteiger partial charge in [-0.1, -0.05) is 80.5 Å². The molecule has 3 N–H and O–H groups in total. The van der Waals surface area contributed by atoms with Crippen LogP contribution in [0.25, 0.3) is 10.6 Å². The van der Waals surface area contributed by atoms with E-state index >= 15 is 0 Å². The third-order valence-corrected chi connectivity index (χ3v) is 6.28. The number of nitrogens with one attached hydrogen (secondary N) is 3. The number of aryl methyl sites for hydroxylation is 1. The van der Waals surface area contributed by atoms with Gasteiger partial charge in [-0.15, -0.1) is 10.2 Å². The van der Waals surface area contributed by atoms with Gasteiger partial charge in [-0.25, -0.2) is 4.79 Å². The molecule has 32 heavy (non-hydrogen) atoms. The molecular formula is C23H26ClN5O2S. The zero-order chi connectivity index (χ0) is 23.1. The fourth-order valence-electron chi connectivity index (χ4n) is 3.15. The molecule has 7 nitrogen and oxygen atoms in total. The molecule has 1 aromatic heterocycles. The van der Waals surface area contributed by atoms with E-state index in [4.69, 9.17) is 11.6 Å². The first kappa shape index (κ1) is 23.7. The van der Waals surface area contributed by atoms with Crippen molar-refractivity contribution in [1.29, 1.82) is 0 Å². The van der Waals surface area contributed by atoms with Crippen LogP contribution in [0.1, 0.15) is 32.8 Å². The summed E-state index contributed by atoms with van der Waals surface area (Å²) in [7, 11) is 0. The van der Waals surface area contributed by atoms with E-state index in [1.54, 1.807) is 12.1 Å². The van der Waals surface area contributed by atoms with Crippen molar-refractivity contribution in [3.8, 4) is 10.6 Å². The first-order chi connectivity index (χ1) is 15.4. The van der Waals surface area contributed by atoms with Gasteiger partial charge in [0.25, 0.3) is 0 Å². The van der Waals surface area contributed by atoms with Gasteiger partial charge in [0.1, 0.15) is 11.0 Å². The number of hydrogen-bond acceptors (Lipinski definition) is 5. The van der Waals surface area contributed by atoms with E-state index in [2.05, 4.69) is 26.1 Å². The Bertz CT molecular complexity index is 1090. The minimum Gasteiger partial charge on any atom is -0.326 e. The van der Waals surface area contributed by atoms with Gasteiger partial charge in [-0.3, -0.25) is 10.1 Å². The molecule has 2 atom stereocenters. The first-order valence-corrected chi connectivity index (χ1v) is 11.7. The highest BCUT2D eigenvalue weighted by molar-refractivity contribution is 7.18. The molecule has 0 aliphatic carbocycles. The number of amides is 3. The van der Waals surface area contributed by atoms with Crippen LogP contribution in [0.4, 0.5) is 15.6 Å². The topological polar surface area (TPSA) is 96.0 Å². The van der Waals surface area contributed by atoms with Crippen LogP contribution in [0, 0.1) is 5.92 Å². The van der Waals surface area contributed by atoms with Crippen LogP contribution in [0.15, 0.2) is 48.5 Å². The standard InChI is InChI=1S/C23H26ClN5O2S/c1-4-14(3)19(26-22(31)25-18-12-7-6-9-15(18)5-2)20(30)27-23-29-28-21(32-23)16-10-8-11-17(24)13-16/h6-14,19H,4-5H2,1-3H3,(H2,25,26,31)(H,27,29,30). The fraction of sp³-hybridized carbons (Fsp3) is 0.304. The maximum atomic E-state index is 13.0. The molecule has 168 valence electrons. The summed E-state index contributed by atoms with van der Waals surface area (Å²) in [5.74, 6) is -0.422. The van der Waals surface area contributed by atoms with Gasteiger partial charge in [0.2, 0.25) is 11.0 Å². The van der Waals surface area contributed by atoms with Crippen LogP contribution in [-0.2, 0) is 11.2 Å². The Balaban J connectivity index is 1.69. The van der Waals surface area contributed by atoms with Gasteiger partial charge in [-0.2, -0.15) is 0 Å². The van der Waals surface area contributed by atoms with E-state index in [1.807, 2.05) is 57.2 Å². The van der Waals surface area contributed by atoms with E-state index < -0.39 is 12.1 Å². The third kappa shape index (κ3) is 6.05. The number of urea groups is 1. The number of para-hydroxylation sites is 1. The predicted octanol–water partition coefficient (Wildman–Crippen LogP) is 5.60. The second kappa shape index (κ2) is 11.1. The van der Waals surface area contributed by atoms with Crippen LogP contribution in [0.2, 0.25) is 5.02 Å². The number of nitrogens with zero attached hydrogens (tertiary/aromatic N) is 2. The van der Waals surface area contributed by atoms with Crippen molar-refractivity contribution in [3.05, 3.63) is 59.1 Å². The molecule has 0 saturated carbocycles. The minimum atomic E-state index is -0.729. The Morgan fingerprint density at radius 2 is 1.84 bits per heavy atom. The summed E-state index contributed by atoms with van der Waals surface area (Å²) in [6, 6.07) is 13.7. The quantitative estimate of drug-likeness (QED) is 0.398. The van der Waals surface area contributed by atoms with Gasteiger partial charge in [0.15, 0.2) is 0 Å². The lowest BCUT2D eigenvalue weighted by molar-refractivity contribution is -0.119. The van der Waals surface area contributed by atoms with E-state index in [0.29, 0.717) is 21.6 Å². The van der Waals surface area contributed by atoms with Crippen LogP contribution < -0.4 is 16.0 Å². The normalized spacial score (nSPS) is 12.6. The molecule has 0 bridgehead atoms. The molecule has 9 heteroatoms. The molecule has 3 amide bonds. The lowest BCUT2D eigenvalue weighted by Gasteiger charge is -2.23. The third-order valence-electron chi connectivity index (χ3n) is 5.16. The predicted molar refractivity (Wildman–Crippen MR) is 130 cm³/mol. The molecule has 0 saturated heterocycles. The van der Waals surface area contributed by atoms with Crippen LogP contribution in [0.3, 0.4) is 0 Å². The number of halogens is 1. The van der Waals surface area contributed by atoms with Gasteiger partial charge in [0.05, 0.1) is 0 Å². The van der Waals surface area contributed by atoms with Crippen molar-refractivity contribution in [2.24, 2.45) is 5.92 Å². The number of hydrogen-bond donors (Lipinski definition) is 3. The van der Waals surface area contributed by atoms with E-state index in [9.17, 15) is 9.59 Å². The van der Waals surface area contributed by atoms with Crippen molar-refractivity contribution in [3.63, 3.8) is 0 Å². The molecule has 0 radical (unpaired) electrons.